The molecule has 0 aliphatic heterocycles. The Hall–Kier alpha value is -2.41. The van der Waals surface area contributed by atoms with Crippen LogP contribution in [0, 0.1) is 0 Å². The third-order valence-corrected chi connectivity index (χ3v) is 3.72. The lowest BCUT2D eigenvalue weighted by atomic mass is 10.1. The summed E-state index contributed by atoms with van der Waals surface area (Å²) < 4.78 is 7.76. The number of tetrazole rings is 1. The predicted molar refractivity (Wildman–Crippen MR) is 83.3 cm³/mol. The molecule has 0 amide bonds. The molecule has 0 radical (unpaired) electrons. The molecule has 21 heavy (non-hydrogen) atoms. The fourth-order valence-electron chi connectivity index (χ4n) is 2.00. The molecule has 2 aromatic carbocycles. The molecule has 2 N–H and O–H groups in total. The highest BCUT2D eigenvalue weighted by molar-refractivity contribution is 9.10. The van der Waals surface area contributed by atoms with Gasteiger partial charge >= 0.3 is 0 Å². The molecule has 6 nitrogen and oxygen atoms in total. The van der Waals surface area contributed by atoms with E-state index in [1.165, 1.54) is 0 Å². The summed E-state index contributed by atoms with van der Waals surface area (Å²) in [6, 6.07) is 13.1. The Labute approximate surface area is 129 Å². The quantitative estimate of drug-likeness (QED) is 0.738. The van der Waals surface area contributed by atoms with Crippen LogP contribution >= 0.6 is 15.9 Å². The summed E-state index contributed by atoms with van der Waals surface area (Å²) in [4.78, 5) is 0. The van der Waals surface area contributed by atoms with E-state index in [1.807, 2.05) is 30.3 Å². The number of hydrogen-bond donors (Lipinski definition) is 1. The predicted octanol–water partition coefficient (Wildman–Crippen LogP) is 2.68. The summed E-state index contributed by atoms with van der Waals surface area (Å²) in [5.74, 6) is 1.25. The highest BCUT2D eigenvalue weighted by Gasteiger charge is 2.15. The van der Waals surface area contributed by atoms with Crippen molar-refractivity contribution in [2.24, 2.45) is 0 Å². The SMILES string of the molecule is COc1ccc(N)c(-c2nnnn2-c2ccccc2Br)c1. The van der Waals surface area contributed by atoms with E-state index in [-0.39, 0.29) is 0 Å². The standard InChI is InChI=1S/C14H12BrN5O/c1-21-9-6-7-12(16)10(8-9)14-17-18-19-20(14)13-5-3-2-4-11(13)15/h2-8H,16H2,1H3. The van der Waals surface area contributed by atoms with Gasteiger partial charge in [0.05, 0.1) is 12.8 Å². The van der Waals surface area contributed by atoms with Crippen molar-refractivity contribution in [3.63, 3.8) is 0 Å². The zero-order chi connectivity index (χ0) is 14.8. The number of halogens is 1. The third-order valence-electron chi connectivity index (χ3n) is 3.05. The van der Waals surface area contributed by atoms with Crippen LogP contribution in [0.25, 0.3) is 17.1 Å². The second-order valence-corrected chi connectivity index (χ2v) is 5.17. The fraction of sp³-hybridized carbons (Fsp3) is 0.0714. The Balaban J connectivity index is 2.18. The maximum atomic E-state index is 6.04. The van der Waals surface area contributed by atoms with Gasteiger partial charge in [-0.2, -0.15) is 4.68 Å². The lowest BCUT2D eigenvalue weighted by Crippen LogP contribution is -2.02. The van der Waals surface area contributed by atoms with Crippen LogP contribution in [-0.2, 0) is 0 Å². The van der Waals surface area contributed by atoms with Crippen LogP contribution in [0.15, 0.2) is 46.9 Å². The Kier molecular flexibility index (Phi) is 3.57. The van der Waals surface area contributed by atoms with Gasteiger partial charge in [0.2, 0.25) is 0 Å². The van der Waals surface area contributed by atoms with Crippen LogP contribution in [0.5, 0.6) is 5.75 Å². The summed E-state index contributed by atoms with van der Waals surface area (Å²) in [5.41, 5.74) is 8.18. The van der Waals surface area contributed by atoms with Gasteiger partial charge in [-0.25, -0.2) is 0 Å². The number of rotatable bonds is 3. The molecule has 106 valence electrons. The topological polar surface area (TPSA) is 78.8 Å². The van der Waals surface area contributed by atoms with E-state index in [2.05, 4.69) is 31.5 Å². The third kappa shape index (κ3) is 2.47. The average molecular weight is 346 g/mol. The summed E-state index contributed by atoms with van der Waals surface area (Å²) in [7, 11) is 1.60. The lowest BCUT2D eigenvalue weighted by Gasteiger charge is -2.09. The maximum absolute atomic E-state index is 6.04. The minimum absolute atomic E-state index is 0.554. The molecule has 0 aliphatic carbocycles. The van der Waals surface area contributed by atoms with Gasteiger partial charge in [-0.3, -0.25) is 0 Å². The summed E-state index contributed by atoms with van der Waals surface area (Å²) in [5, 5.41) is 11.9. The van der Waals surface area contributed by atoms with Gasteiger partial charge in [-0.1, -0.05) is 12.1 Å². The van der Waals surface area contributed by atoms with E-state index in [4.69, 9.17) is 10.5 Å². The number of benzene rings is 2. The zero-order valence-electron chi connectivity index (χ0n) is 11.2. The molecule has 3 rings (SSSR count). The number of nitrogens with zero attached hydrogens (tertiary/aromatic N) is 4. The Morgan fingerprint density at radius 3 is 2.76 bits per heavy atom. The van der Waals surface area contributed by atoms with E-state index in [9.17, 15) is 0 Å². The molecule has 0 aliphatic rings. The monoisotopic (exact) mass is 345 g/mol. The molecule has 0 saturated heterocycles. The van der Waals surface area contributed by atoms with Gasteiger partial charge in [-0.05, 0) is 56.7 Å². The molecule has 0 spiro atoms. The van der Waals surface area contributed by atoms with Crippen molar-refractivity contribution in [2.45, 2.75) is 0 Å². The molecule has 0 saturated carbocycles. The van der Waals surface area contributed by atoms with E-state index in [0.29, 0.717) is 17.3 Å². The Morgan fingerprint density at radius 2 is 2.00 bits per heavy atom. The highest BCUT2D eigenvalue weighted by Crippen LogP contribution is 2.30. The van der Waals surface area contributed by atoms with Gasteiger partial charge in [0, 0.05) is 15.7 Å². The molecule has 0 atom stereocenters. The van der Waals surface area contributed by atoms with Crippen molar-refractivity contribution in [3.8, 4) is 22.8 Å². The fourth-order valence-corrected chi connectivity index (χ4v) is 2.45. The number of anilines is 1. The largest absolute Gasteiger partial charge is 0.497 e. The number of para-hydroxylation sites is 1. The summed E-state index contributed by atoms with van der Waals surface area (Å²) >= 11 is 3.50. The first-order valence-electron chi connectivity index (χ1n) is 6.18. The van der Waals surface area contributed by atoms with Crippen LogP contribution in [0.4, 0.5) is 5.69 Å². The summed E-state index contributed by atoms with van der Waals surface area (Å²) in [6.07, 6.45) is 0. The lowest BCUT2D eigenvalue weighted by molar-refractivity contribution is 0.415. The molecule has 0 bridgehead atoms. The number of aromatic nitrogens is 4. The zero-order valence-corrected chi connectivity index (χ0v) is 12.8. The van der Waals surface area contributed by atoms with E-state index in [1.54, 1.807) is 23.9 Å². The highest BCUT2D eigenvalue weighted by atomic mass is 79.9. The van der Waals surface area contributed by atoms with Crippen LogP contribution in [0.1, 0.15) is 0 Å². The molecule has 7 heteroatoms. The Morgan fingerprint density at radius 1 is 1.19 bits per heavy atom. The van der Waals surface area contributed by atoms with Crippen LogP contribution in [0.3, 0.4) is 0 Å². The van der Waals surface area contributed by atoms with Gasteiger partial charge in [0.1, 0.15) is 5.75 Å². The molecule has 0 fully saturated rings. The van der Waals surface area contributed by atoms with Gasteiger partial charge in [0.25, 0.3) is 0 Å². The van der Waals surface area contributed by atoms with Gasteiger partial charge in [0.15, 0.2) is 5.82 Å². The smallest absolute Gasteiger partial charge is 0.189 e. The molecular formula is C14H12BrN5O. The van der Waals surface area contributed by atoms with Crippen molar-refractivity contribution < 1.29 is 4.74 Å². The van der Waals surface area contributed by atoms with Crippen LogP contribution in [-0.4, -0.2) is 27.3 Å². The molecule has 0 unspecified atom stereocenters. The van der Waals surface area contributed by atoms with E-state index >= 15 is 0 Å². The summed E-state index contributed by atoms with van der Waals surface area (Å²) in [6.45, 7) is 0. The molecule has 3 aromatic rings. The van der Waals surface area contributed by atoms with Crippen molar-refractivity contribution in [2.75, 3.05) is 12.8 Å². The van der Waals surface area contributed by atoms with Crippen LogP contribution < -0.4 is 10.5 Å². The maximum Gasteiger partial charge on any atom is 0.189 e. The van der Waals surface area contributed by atoms with Crippen molar-refractivity contribution in [3.05, 3.63) is 46.9 Å². The van der Waals surface area contributed by atoms with Crippen molar-refractivity contribution in [1.29, 1.82) is 0 Å². The van der Waals surface area contributed by atoms with Gasteiger partial charge < -0.3 is 10.5 Å². The number of nitrogen functional groups attached to an aromatic ring is 1. The number of methoxy groups -OCH3 is 1. The minimum Gasteiger partial charge on any atom is -0.497 e. The molecule has 1 aromatic heterocycles. The first kappa shape index (κ1) is 13.6. The van der Waals surface area contributed by atoms with Gasteiger partial charge in [-0.15, -0.1) is 5.10 Å². The van der Waals surface area contributed by atoms with E-state index in [0.717, 1.165) is 15.7 Å². The van der Waals surface area contributed by atoms with E-state index < -0.39 is 0 Å². The molecule has 1 heterocycles. The second kappa shape index (κ2) is 5.53. The number of hydrogen-bond acceptors (Lipinski definition) is 5. The number of nitrogens with two attached hydrogens (primary N) is 1. The number of ether oxygens (including phenoxy) is 1. The molecular weight excluding hydrogens is 334 g/mol. The average Bonchev–Trinajstić information content (AvgIpc) is 2.97. The van der Waals surface area contributed by atoms with Crippen molar-refractivity contribution in [1.82, 2.24) is 20.2 Å². The Bertz CT molecular complexity index is 787. The minimum atomic E-state index is 0.554. The second-order valence-electron chi connectivity index (χ2n) is 4.32. The van der Waals surface area contributed by atoms with Crippen molar-refractivity contribution >= 4 is 21.6 Å². The normalized spacial score (nSPS) is 10.6. The first-order valence-corrected chi connectivity index (χ1v) is 6.97. The van der Waals surface area contributed by atoms with Crippen LogP contribution in [0.2, 0.25) is 0 Å². The first-order chi connectivity index (χ1) is 10.2.